The third kappa shape index (κ3) is 7.49. The highest BCUT2D eigenvalue weighted by molar-refractivity contribution is 6.37. The molecular weight excluding hydrogens is 574 g/mol. The number of halogens is 4. The smallest absolute Gasteiger partial charge is 0.240 e. The molecule has 4 rings (SSSR count). The molecule has 2 heterocycles. The molecule has 12 heteroatoms. The maximum Gasteiger partial charge on any atom is 0.240 e. The number of furan rings is 2. The molecule has 194 valence electrons. The van der Waals surface area contributed by atoms with Crippen molar-refractivity contribution in [1.29, 1.82) is 0 Å². The van der Waals surface area contributed by atoms with Crippen molar-refractivity contribution >= 4 is 70.6 Å². The van der Waals surface area contributed by atoms with Crippen LogP contribution in [0.4, 0.5) is 0 Å². The van der Waals surface area contributed by atoms with E-state index in [2.05, 4.69) is 21.1 Å². The lowest BCUT2D eigenvalue weighted by Crippen LogP contribution is -2.22. The highest BCUT2D eigenvalue weighted by atomic mass is 35.5. The van der Waals surface area contributed by atoms with Crippen molar-refractivity contribution in [2.75, 3.05) is 0 Å². The van der Waals surface area contributed by atoms with Gasteiger partial charge in [0, 0.05) is 34.0 Å². The van der Waals surface area contributed by atoms with Gasteiger partial charge in [-0.25, -0.2) is 10.9 Å². The fourth-order valence-corrected chi connectivity index (χ4v) is 4.19. The third-order valence-corrected chi connectivity index (χ3v) is 6.08. The molecule has 0 bridgehead atoms. The number of benzene rings is 2. The Labute approximate surface area is 237 Å². The van der Waals surface area contributed by atoms with Gasteiger partial charge in [-0.3, -0.25) is 9.59 Å². The zero-order valence-corrected chi connectivity index (χ0v) is 22.4. The summed E-state index contributed by atoms with van der Waals surface area (Å²) in [6.45, 7) is 0. The molecule has 0 aliphatic carbocycles. The fraction of sp³-hybridized carbons (Fsp3) is 0.0769. The molecule has 2 N–H and O–H groups in total. The summed E-state index contributed by atoms with van der Waals surface area (Å²) in [7, 11) is 0. The first-order chi connectivity index (χ1) is 18.3. The Kier molecular flexibility index (Phi) is 9.25. The van der Waals surface area contributed by atoms with Gasteiger partial charge in [-0.1, -0.05) is 46.4 Å². The van der Waals surface area contributed by atoms with E-state index >= 15 is 0 Å². The topological polar surface area (TPSA) is 109 Å². The van der Waals surface area contributed by atoms with E-state index in [4.69, 9.17) is 55.2 Å². The second-order valence-electron chi connectivity index (χ2n) is 7.74. The molecule has 0 unspecified atom stereocenters. The minimum atomic E-state index is -0.455. The van der Waals surface area contributed by atoms with Gasteiger partial charge in [0.05, 0.1) is 22.5 Å². The maximum atomic E-state index is 12.0. The summed E-state index contributed by atoms with van der Waals surface area (Å²) in [6, 6.07) is 16.9. The fourth-order valence-electron chi connectivity index (χ4n) is 3.19. The van der Waals surface area contributed by atoms with Crippen molar-refractivity contribution in [1.82, 2.24) is 10.9 Å². The van der Waals surface area contributed by atoms with Crippen LogP contribution >= 0.6 is 46.4 Å². The Morgan fingerprint density at radius 2 is 1.08 bits per heavy atom. The zero-order valence-electron chi connectivity index (χ0n) is 19.4. The highest BCUT2D eigenvalue weighted by Crippen LogP contribution is 2.32. The largest absolute Gasteiger partial charge is 0.455 e. The summed E-state index contributed by atoms with van der Waals surface area (Å²) in [4.78, 5) is 24.0. The molecule has 0 atom stereocenters. The number of nitrogens with one attached hydrogen (secondary N) is 2. The monoisotopic (exact) mass is 590 g/mol. The predicted molar refractivity (Wildman–Crippen MR) is 149 cm³/mol. The van der Waals surface area contributed by atoms with Gasteiger partial charge in [0.2, 0.25) is 11.8 Å². The Balaban J connectivity index is 1.20. The molecule has 0 spiro atoms. The molecule has 2 amide bonds. The van der Waals surface area contributed by atoms with Gasteiger partial charge < -0.3 is 8.83 Å². The number of carbonyl (C=O) groups is 2. The molecule has 2 aromatic carbocycles. The summed E-state index contributed by atoms with van der Waals surface area (Å²) >= 11 is 24.2. The first kappa shape index (κ1) is 27.5. The van der Waals surface area contributed by atoms with Gasteiger partial charge in [0.15, 0.2) is 0 Å². The molecular formula is C26H18Cl4N4O4. The van der Waals surface area contributed by atoms with Crippen molar-refractivity contribution in [3.63, 3.8) is 0 Å². The van der Waals surface area contributed by atoms with Crippen LogP contribution in [-0.4, -0.2) is 24.2 Å². The summed E-state index contributed by atoms with van der Waals surface area (Å²) in [5, 5.41) is 9.61. The summed E-state index contributed by atoms with van der Waals surface area (Å²) < 4.78 is 11.3. The van der Waals surface area contributed by atoms with E-state index in [1.54, 1.807) is 60.7 Å². The number of hydrogen-bond acceptors (Lipinski definition) is 6. The number of amides is 2. The number of nitrogens with zero attached hydrogens (tertiary/aromatic N) is 2. The standard InChI is InChI=1S/C26H18Cl4N4O4/c27-15-1-5-19(21(29)11-15)23-7-3-17(37-23)13-31-33-25(35)9-10-26(36)34-32-14-18-4-8-24(38-18)20-6-2-16(28)12-22(20)30/h1-8,11-14H,9-10H2,(H,33,35)(H,34,36)/b31-13+,32-14+. The third-order valence-electron chi connectivity index (χ3n) is 4.99. The van der Waals surface area contributed by atoms with Crippen LogP contribution in [0.2, 0.25) is 20.1 Å². The summed E-state index contributed by atoms with van der Waals surface area (Å²) in [5.74, 6) is 0.940. The van der Waals surface area contributed by atoms with Crippen LogP contribution in [0.1, 0.15) is 24.4 Å². The van der Waals surface area contributed by atoms with Crippen molar-refractivity contribution < 1.29 is 18.4 Å². The van der Waals surface area contributed by atoms with Gasteiger partial charge in [-0.15, -0.1) is 0 Å². The van der Waals surface area contributed by atoms with Crippen molar-refractivity contribution in [2.24, 2.45) is 10.2 Å². The van der Waals surface area contributed by atoms with Gasteiger partial charge in [-0.2, -0.15) is 10.2 Å². The predicted octanol–water partition coefficient (Wildman–Crippen LogP) is 7.20. The van der Waals surface area contributed by atoms with Crippen LogP contribution in [0, 0.1) is 0 Å². The molecule has 38 heavy (non-hydrogen) atoms. The van der Waals surface area contributed by atoms with Gasteiger partial charge in [0.1, 0.15) is 23.0 Å². The first-order valence-electron chi connectivity index (χ1n) is 11.0. The SMILES string of the molecule is O=C(CCC(=O)N/N=C/c1ccc(-c2ccc(Cl)cc2Cl)o1)N/N=C/c1ccc(-c2ccc(Cl)cc2Cl)o1. The van der Waals surface area contributed by atoms with E-state index in [-0.39, 0.29) is 12.8 Å². The average Bonchev–Trinajstić information content (AvgIpc) is 3.53. The van der Waals surface area contributed by atoms with E-state index in [0.29, 0.717) is 54.3 Å². The minimum Gasteiger partial charge on any atom is -0.455 e. The Hall–Kier alpha value is -3.56. The molecule has 2 aromatic heterocycles. The minimum absolute atomic E-state index is 0.0948. The second kappa shape index (κ2) is 12.8. The molecule has 0 aliphatic heterocycles. The summed E-state index contributed by atoms with van der Waals surface area (Å²) in [5.41, 5.74) is 6.02. The van der Waals surface area contributed by atoms with Crippen LogP contribution in [0.5, 0.6) is 0 Å². The zero-order chi connectivity index (χ0) is 27.1. The van der Waals surface area contributed by atoms with E-state index in [1.165, 1.54) is 12.4 Å². The maximum absolute atomic E-state index is 12.0. The van der Waals surface area contributed by atoms with Gasteiger partial charge >= 0.3 is 0 Å². The van der Waals surface area contributed by atoms with Gasteiger partial charge in [-0.05, 0) is 60.7 Å². The molecule has 0 saturated heterocycles. The lowest BCUT2D eigenvalue weighted by molar-refractivity contribution is -0.126. The number of hydrazone groups is 2. The van der Waals surface area contributed by atoms with Crippen molar-refractivity contribution in [3.05, 3.63) is 92.3 Å². The Bertz CT molecular complexity index is 1410. The van der Waals surface area contributed by atoms with Gasteiger partial charge in [0.25, 0.3) is 0 Å². The second-order valence-corrected chi connectivity index (χ2v) is 9.43. The quantitative estimate of drug-likeness (QED) is 0.158. The lowest BCUT2D eigenvalue weighted by Gasteiger charge is -2.01. The average molecular weight is 592 g/mol. The van der Waals surface area contributed by atoms with E-state index in [9.17, 15) is 9.59 Å². The Morgan fingerprint density at radius 3 is 1.47 bits per heavy atom. The van der Waals surface area contributed by atoms with Crippen molar-refractivity contribution in [3.8, 4) is 22.6 Å². The van der Waals surface area contributed by atoms with Crippen LogP contribution in [-0.2, 0) is 9.59 Å². The first-order valence-corrected chi connectivity index (χ1v) is 12.5. The van der Waals surface area contributed by atoms with E-state index < -0.39 is 11.8 Å². The number of hydrogen-bond donors (Lipinski definition) is 2. The molecule has 0 aliphatic rings. The molecule has 0 fully saturated rings. The highest BCUT2D eigenvalue weighted by Gasteiger charge is 2.10. The molecule has 0 radical (unpaired) electrons. The summed E-state index contributed by atoms with van der Waals surface area (Å²) in [6.07, 6.45) is 2.49. The van der Waals surface area contributed by atoms with E-state index in [1.807, 2.05) is 0 Å². The van der Waals surface area contributed by atoms with Crippen LogP contribution in [0.3, 0.4) is 0 Å². The lowest BCUT2D eigenvalue weighted by atomic mass is 10.2. The van der Waals surface area contributed by atoms with Crippen LogP contribution in [0.15, 0.2) is 79.7 Å². The van der Waals surface area contributed by atoms with Crippen LogP contribution < -0.4 is 10.9 Å². The van der Waals surface area contributed by atoms with E-state index in [0.717, 1.165) is 0 Å². The van der Waals surface area contributed by atoms with Crippen LogP contribution in [0.25, 0.3) is 22.6 Å². The number of carbonyl (C=O) groups excluding carboxylic acids is 2. The molecule has 8 nitrogen and oxygen atoms in total. The normalized spacial score (nSPS) is 11.4. The molecule has 0 saturated carbocycles. The molecule has 4 aromatic rings. The van der Waals surface area contributed by atoms with Crippen molar-refractivity contribution in [2.45, 2.75) is 12.8 Å². The Morgan fingerprint density at radius 1 is 0.658 bits per heavy atom. The number of rotatable bonds is 9.